The Labute approximate surface area is 119 Å². The fourth-order valence-corrected chi connectivity index (χ4v) is 2.83. The molecule has 0 heterocycles. The van der Waals surface area contributed by atoms with Gasteiger partial charge in [0.05, 0.1) is 4.92 Å². The van der Waals surface area contributed by atoms with Gasteiger partial charge in [-0.05, 0) is 36.8 Å². The molecule has 6 heteroatoms. The maximum Gasteiger partial charge on any atom is 0.273 e. The number of nitro groups is 1. The van der Waals surface area contributed by atoms with E-state index >= 15 is 0 Å². The molecule has 0 saturated heterocycles. The number of benzene rings is 2. The molecule has 0 radical (unpaired) electrons. The minimum Gasteiger partial charge on any atom is -0.399 e. The second-order valence-electron chi connectivity index (χ2n) is 4.34. The number of thioether (sulfide) groups is 1. The predicted molar refractivity (Wildman–Crippen MR) is 78.2 cm³/mol. The summed E-state index contributed by atoms with van der Waals surface area (Å²) >= 11 is 1.40. The Kier molecular flexibility index (Phi) is 4.24. The predicted octanol–water partition coefficient (Wildman–Crippen LogP) is 3.92. The second-order valence-corrected chi connectivity index (χ2v) is 5.36. The van der Waals surface area contributed by atoms with E-state index in [1.165, 1.54) is 23.9 Å². The molecular weight excluding hydrogens is 279 g/mol. The van der Waals surface area contributed by atoms with Crippen LogP contribution in [0.5, 0.6) is 0 Å². The molecule has 2 rings (SSSR count). The lowest BCUT2D eigenvalue weighted by atomic mass is 10.2. The summed E-state index contributed by atoms with van der Waals surface area (Å²) in [6, 6.07) is 8.98. The molecule has 0 aliphatic heterocycles. The van der Waals surface area contributed by atoms with Crippen LogP contribution >= 0.6 is 11.8 Å². The van der Waals surface area contributed by atoms with Crippen LogP contribution < -0.4 is 5.73 Å². The Balaban J connectivity index is 2.24. The van der Waals surface area contributed by atoms with Crippen LogP contribution in [0.15, 0.2) is 41.3 Å². The van der Waals surface area contributed by atoms with Crippen molar-refractivity contribution in [3.05, 3.63) is 63.5 Å². The molecule has 0 aliphatic carbocycles. The molecule has 20 heavy (non-hydrogen) atoms. The van der Waals surface area contributed by atoms with E-state index in [0.29, 0.717) is 17.0 Å². The van der Waals surface area contributed by atoms with Gasteiger partial charge in [0, 0.05) is 28.0 Å². The highest BCUT2D eigenvalue weighted by atomic mass is 32.2. The monoisotopic (exact) mass is 292 g/mol. The van der Waals surface area contributed by atoms with Crippen molar-refractivity contribution in [2.45, 2.75) is 17.6 Å². The van der Waals surface area contributed by atoms with Gasteiger partial charge in [0.2, 0.25) is 0 Å². The van der Waals surface area contributed by atoms with E-state index in [2.05, 4.69) is 0 Å². The lowest BCUT2D eigenvalue weighted by Crippen LogP contribution is -1.95. The number of nitrogens with zero attached hydrogens (tertiary/aromatic N) is 1. The number of nitrogens with two attached hydrogens (primary N) is 1. The molecule has 2 aromatic rings. The third kappa shape index (κ3) is 3.27. The quantitative estimate of drug-likeness (QED) is 0.401. The Morgan fingerprint density at radius 2 is 2.05 bits per heavy atom. The fraction of sp³-hybridized carbons (Fsp3) is 0.143. The first-order valence-corrected chi connectivity index (χ1v) is 6.87. The van der Waals surface area contributed by atoms with Crippen molar-refractivity contribution >= 4 is 23.1 Å². The molecular formula is C14H13FN2O2S. The maximum atomic E-state index is 13.2. The summed E-state index contributed by atoms with van der Waals surface area (Å²) in [5.74, 6) is -0.159. The zero-order valence-electron chi connectivity index (χ0n) is 10.8. The number of rotatable bonds is 4. The van der Waals surface area contributed by atoms with Gasteiger partial charge in [0.15, 0.2) is 0 Å². The minimum absolute atomic E-state index is 0.0690. The molecule has 0 atom stereocenters. The number of hydrogen-bond acceptors (Lipinski definition) is 4. The van der Waals surface area contributed by atoms with Crippen LogP contribution in [-0.4, -0.2) is 4.92 Å². The zero-order valence-corrected chi connectivity index (χ0v) is 11.6. The molecule has 104 valence electrons. The maximum absolute atomic E-state index is 13.2. The Hall–Kier alpha value is -2.08. The summed E-state index contributed by atoms with van der Waals surface area (Å²) in [5, 5.41) is 10.9. The van der Waals surface area contributed by atoms with Gasteiger partial charge in [-0.1, -0.05) is 6.07 Å². The lowest BCUT2D eigenvalue weighted by molar-refractivity contribution is -0.385. The molecule has 2 N–H and O–H groups in total. The van der Waals surface area contributed by atoms with Crippen LogP contribution in [0.4, 0.5) is 15.8 Å². The molecule has 0 aromatic heterocycles. The summed E-state index contributed by atoms with van der Waals surface area (Å²) in [7, 11) is 0. The fourth-order valence-electron chi connectivity index (χ4n) is 1.78. The average molecular weight is 292 g/mol. The summed E-state index contributed by atoms with van der Waals surface area (Å²) < 4.78 is 13.2. The van der Waals surface area contributed by atoms with Crippen molar-refractivity contribution in [3.8, 4) is 0 Å². The van der Waals surface area contributed by atoms with Crippen molar-refractivity contribution in [3.63, 3.8) is 0 Å². The van der Waals surface area contributed by atoms with Gasteiger partial charge in [0.25, 0.3) is 5.69 Å². The van der Waals surface area contributed by atoms with Crippen molar-refractivity contribution in [1.82, 2.24) is 0 Å². The Bertz CT molecular complexity index is 662. The molecule has 0 amide bonds. The van der Waals surface area contributed by atoms with Crippen molar-refractivity contribution in [1.29, 1.82) is 0 Å². The van der Waals surface area contributed by atoms with Crippen LogP contribution in [0.3, 0.4) is 0 Å². The van der Waals surface area contributed by atoms with E-state index in [1.807, 2.05) is 19.1 Å². The first-order chi connectivity index (χ1) is 9.47. The molecule has 0 spiro atoms. The highest BCUT2D eigenvalue weighted by Gasteiger charge is 2.15. The standard InChI is InChI=1S/C14H13FN2O2S/c1-9-2-4-12(16)7-14(9)20-8-10-6-11(15)3-5-13(10)17(18)19/h2-7H,8,16H2,1H3. The number of hydrogen-bond donors (Lipinski definition) is 1. The van der Waals surface area contributed by atoms with Gasteiger partial charge in [-0.15, -0.1) is 11.8 Å². The number of aryl methyl sites for hydroxylation is 1. The van der Waals surface area contributed by atoms with Gasteiger partial charge >= 0.3 is 0 Å². The first-order valence-electron chi connectivity index (χ1n) is 5.89. The van der Waals surface area contributed by atoms with Crippen molar-refractivity contribution < 1.29 is 9.31 Å². The highest BCUT2D eigenvalue weighted by molar-refractivity contribution is 7.98. The largest absolute Gasteiger partial charge is 0.399 e. The molecule has 0 bridgehead atoms. The van der Waals surface area contributed by atoms with E-state index in [4.69, 9.17) is 5.73 Å². The van der Waals surface area contributed by atoms with E-state index < -0.39 is 10.7 Å². The summed E-state index contributed by atoms with van der Waals surface area (Å²) in [5.41, 5.74) is 7.67. The van der Waals surface area contributed by atoms with Crippen LogP contribution in [0.1, 0.15) is 11.1 Å². The Morgan fingerprint density at radius 1 is 1.30 bits per heavy atom. The Morgan fingerprint density at radius 3 is 2.75 bits per heavy atom. The van der Waals surface area contributed by atoms with Gasteiger partial charge < -0.3 is 5.73 Å². The molecule has 0 aliphatic rings. The zero-order chi connectivity index (χ0) is 14.7. The average Bonchev–Trinajstić information content (AvgIpc) is 2.39. The number of anilines is 1. The first kappa shape index (κ1) is 14.3. The topological polar surface area (TPSA) is 69.2 Å². The summed E-state index contributed by atoms with van der Waals surface area (Å²) in [6.45, 7) is 1.93. The molecule has 2 aromatic carbocycles. The lowest BCUT2D eigenvalue weighted by Gasteiger charge is -2.07. The number of nitrogen functional groups attached to an aromatic ring is 1. The number of nitro benzene ring substituents is 1. The van der Waals surface area contributed by atoms with E-state index in [-0.39, 0.29) is 5.69 Å². The number of halogens is 1. The molecule has 4 nitrogen and oxygen atoms in total. The smallest absolute Gasteiger partial charge is 0.273 e. The molecule has 0 unspecified atom stereocenters. The van der Waals surface area contributed by atoms with Crippen LogP contribution in [0.25, 0.3) is 0 Å². The molecule has 0 fully saturated rings. The minimum atomic E-state index is -0.498. The summed E-state index contributed by atoms with van der Waals surface area (Å²) in [6.07, 6.45) is 0. The summed E-state index contributed by atoms with van der Waals surface area (Å²) in [4.78, 5) is 11.4. The van der Waals surface area contributed by atoms with Crippen LogP contribution in [0.2, 0.25) is 0 Å². The van der Waals surface area contributed by atoms with Gasteiger partial charge in [0.1, 0.15) is 5.82 Å². The van der Waals surface area contributed by atoms with Crippen molar-refractivity contribution in [2.75, 3.05) is 5.73 Å². The second kappa shape index (κ2) is 5.92. The van der Waals surface area contributed by atoms with Crippen LogP contribution in [0, 0.1) is 22.9 Å². The third-order valence-corrected chi connectivity index (χ3v) is 4.04. The van der Waals surface area contributed by atoms with Gasteiger partial charge in [-0.3, -0.25) is 10.1 Å². The van der Waals surface area contributed by atoms with Crippen molar-refractivity contribution in [2.24, 2.45) is 0 Å². The normalized spacial score (nSPS) is 10.5. The molecule has 0 saturated carbocycles. The van der Waals surface area contributed by atoms with E-state index in [0.717, 1.165) is 16.5 Å². The van der Waals surface area contributed by atoms with Gasteiger partial charge in [-0.2, -0.15) is 0 Å². The van der Waals surface area contributed by atoms with Crippen LogP contribution in [-0.2, 0) is 5.75 Å². The SMILES string of the molecule is Cc1ccc(N)cc1SCc1cc(F)ccc1[N+](=O)[O-]. The van der Waals surface area contributed by atoms with E-state index in [1.54, 1.807) is 6.07 Å². The van der Waals surface area contributed by atoms with E-state index in [9.17, 15) is 14.5 Å². The third-order valence-electron chi connectivity index (χ3n) is 2.83. The highest BCUT2D eigenvalue weighted by Crippen LogP contribution is 2.31. The van der Waals surface area contributed by atoms with Gasteiger partial charge in [-0.25, -0.2) is 4.39 Å².